The topological polar surface area (TPSA) is 26.3 Å². The van der Waals surface area contributed by atoms with Gasteiger partial charge in [-0.2, -0.15) is 0 Å². The molecule has 182 valence electrons. The maximum absolute atomic E-state index is 13.1. The van der Waals surface area contributed by atoms with Crippen molar-refractivity contribution in [2.45, 2.75) is 95.8 Å². The number of ether oxygens (including phenoxy) is 1. The molecule has 2 aromatic rings. The molecule has 2 heteroatoms. The van der Waals surface area contributed by atoms with Crippen LogP contribution < -0.4 is 4.74 Å². The molecule has 2 nitrogen and oxygen atoms in total. The number of allylic oxidation sites excluding steroid dienone is 2. The zero-order valence-corrected chi connectivity index (χ0v) is 21.2. The number of hydrogen-bond donors (Lipinski definition) is 0. The van der Waals surface area contributed by atoms with E-state index in [1.54, 1.807) is 7.11 Å². The standard InChI is InChI=1S/C32H42O2/c1-3-4-5-6-7-10-24-13-15-25(16-14-24)29-11-8-9-12-30(29)27-19-22-31(32(33)23-27)26-17-20-28(34-2)21-18-26/h8-9,11-12,17-18,20-21,23-25,31H,3-7,10,13-16,19,22H2,1-2H3/t24-,25-,31?. The van der Waals surface area contributed by atoms with E-state index in [0.717, 1.165) is 30.1 Å². The van der Waals surface area contributed by atoms with Gasteiger partial charge in [0, 0.05) is 5.92 Å². The molecule has 0 bridgehead atoms. The van der Waals surface area contributed by atoms with Gasteiger partial charge in [0.1, 0.15) is 5.75 Å². The van der Waals surface area contributed by atoms with Crippen LogP contribution in [0.15, 0.2) is 54.6 Å². The maximum Gasteiger partial charge on any atom is 0.163 e. The first kappa shape index (κ1) is 24.8. The Morgan fingerprint density at radius 1 is 0.853 bits per heavy atom. The molecule has 0 saturated heterocycles. The van der Waals surface area contributed by atoms with Gasteiger partial charge in [-0.15, -0.1) is 0 Å². The van der Waals surface area contributed by atoms with Crippen molar-refractivity contribution in [3.05, 3.63) is 71.3 Å². The normalized spacial score (nSPS) is 22.9. The summed E-state index contributed by atoms with van der Waals surface area (Å²) in [6.07, 6.45) is 17.5. The molecule has 1 fully saturated rings. The summed E-state index contributed by atoms with van der Waals surface area (Å²) in [6.45, 7) is 2.29. The van der Waals surface area contributed by atoms with Crippen LogP contribution in [0.3, 0.4) is 0 Å². The highest BCUT2D eigenvalue weighted by Crippen LogP contribution is 2.42. The van der Waals surface area contributed by atoms with Crippen molar-refractivity contribution in [3.63, 3.8) is 0 Å². The number of carbonyl (C=O) groups excluding carboxylic acids is 1. The van der Waals surface area contributed by atoms with Gasteiger partial charge in [0.15, 0.2) is 5.78 Å². The largest absolute Gasteiger partial charge is 0.497 e. The molecule has 1 atom stereocenters. The third-order valence-corrected chi connectivity index (χ3v) is 8.19. The Morgan fingerprint density at radius 2 is 1.59 bits per heavy atom. The number of rotatable bonds is 10. The van der Waals surface area contributed by atoms with Crippen molar-refractivity contribution in [3.8, 4) is 5.75 Å². The van der Waals surface area contributed by atoms with E-state index < -0.39 is 0 Å². The lowest BCUT2D eigenvalue weighted by Crippen LogP contribution is -2.17. The molecule has 1 saturated carbocycles. The second-order valence-electron chi connectivity index (χ2n) is 10.4. The Morgan fingerprint density at radius 3 is 2.29 bits per heavy atom. The predicted octanol–water partition coefficient (Wildman–Crippen LogP) is 8.86. The van der Waals surface area contributed by atoms with E-state index in [-0.39, 0.29) is 11.7 Å². The van der Waals surface area contributed by atoms with E-state index in [0.29, 0.717) is 5.92 Å². The highest BCUT2D eigenvalue weighted by atomic mass is 16.5. The minimum atomic E-state index is -0.0328. The molecule has 0 aliphatic heterocycles. The Hall–Kier alpha value is -2.35. The quantitative estimate of drug-likeness (QED) is 0.332. The average molecular weight is 459 g/mol. The summed E-state index contributed by atoms with van der Waals surface area (Å²) in [7, 11) is 1.67. The van der Waals surface area contributed by atoms with Crippen molar-refractivity contribution in [2.24, 2.45) is 5.92 Å². The first-order valence-corrected chi connectivity index (χ1v) is 13.7. The van der Waals surface area contributed by atoms with E-state index in [2.05, 4.69) is 31.2 Å². The van der Waals surface area contributed by atoms with Gasteiger partial charge < -0.3 is 4.74 Å². The molecule has 0 spiro atoms. The van der Waals surface area contributed by atoms with Crippen molar-refractivity contribution in [1.82, 2.24) is 0 Å². The molecule has 4 rings (SSSR count). The molecule has 0 heterocycles. The van der Waals surface area contributed by atoms with Crippen molar-refractivity contribution in [2.75, 3.05) is 7.11 Å². The minimum absolute atomic E-state index is 0.0328. The number of carbonyl (C=O) groups is 1. The second kappa shape index (κ2) is 12.4. The van der Waals surface area contributed by atoms with Crippen LogP contribution in [0.2, 0.25) is 0 Å². The molecule has 0 aromatic heterocycles. The highest BCUT2D eigenvalue weighted by molar-refractivity contribution is 6.03. The van der Waals surface area contributed by atoms with Crippen LogP contribution in [0.4, 0.5) is 0 Å². The van der Waals surface area contributed by atoms with Gasteiger partial charge >= 0.3 is 0 Å². The Kier molecular flexibility index (Phi) is 9.02. The van der Waals surface area contributed by atoms with Crippen LogP contribution in [0.1, 0.15) is 112 Å². The molecule has 2 aliphatic rings. The molecule has 0 N–H and O–H groups in total. The summed E-state index contributed by atoms with van der Waals surface area (Å²) in [5.74, 6) is 2.61. The van der Waals surface area contributed by atoms with Gasteiger partial charge in [0.2, 0.25) is 0 Å². The Labute approximate surface area is 206 Å². The van der Waals surface area contributed by atoms with Gasteiger partial charge in [-0.1, -0.05) is 81.8 Å². The third kappa shape index (κ3) is 6.20. The van der Waals surface area contributed by atoms with E-state index in [9.17, 15) is 4.79 Å². The highest BCUT2D eigenvalue weighted by Gasteiger charge is 2.28. The van der Waals surface area contributed by atoms with Gasteiger partial charge in [-0.05, 0) is 90.8 Å². The molecular weight excluding hydrogens is 416 g/mol. The lowest BCUT2D eigenvalue weighted by atomic mass is 9.74. The lowest BCUT2D eigenvalue weighted by Gasteiger charge is -2.31. The van der Waals surface area contributed by atoms with Crippen LogP contribution in [0, 0.1) is 5.92 Å². The molecule has 0 amide bonds. The van der Waals surface area contributed by atoms with E-state index in [1.165, 1.54) is 80.9 Å². The summed E-state index contributed by atoms with van der Waals surface area (Å²) < 4.78 is 5.27. The van der Waals surface area contributed by atoms with Gasteiger partial charge in [-0.25, -0.2) is 0 Å². The number of methoxy groups -OCH3 is 1. The first-order valence-electron chi connectivity index (χ1n) is 13.7. The fourth-order valence-corrected chi connectivity index (χ4v) is 6.11. The maximum atomic E-state index is 13.1. The number of unbranched alkanes of at least 4 members (excludes halogenated alkanes) is 4. The minimum Gasteiger partial charge on any atom is -0.497 e. The zero-order valence-electron chi connectivity index (χ0n) is 21.2. The third-order valence-electron chi connectivity index (χ3n) is 8.19. The molecule has 1 unspecified atom stereocenters. The van der Waals surface area contributed by atoms with Crippen LogP contribution in [0.25, 0.3) is 5.57 Å². The van der Waals surface area contributed by atoms with Crippen molar-refractivity contribution >= 4 is 11.4 Å². The van der Waals surface area contributed by atoms with Crippen molar-refractivity contribution < 1.29 is 9.53 Å². The van der Waals surface area contributed by atoms with Crippen LogP contribution in [-0.2, 0) is 4.79 Å². The summed E-state index contributed by atoms with van der Waals surface area (Å²) in [4.78, 5) is 13.1. The number of hydrogen-bond acceptors (Lipinski definition) is 2. The zero-order chi connectivity index (χ0) is 23.8. The lowest BCUT2D eigenvalue weighted by molar-refractivity contribution is -0.116. The molecule has 0 radical (unpaired) electrons. The van der Waals surface area contributed by atoms with Crippen LogP contribution >= 0.6 is 0 Å². The summed E-state index contributed by atoms with van der Waals surface area (Å²) in [5.41, 5.74) is 5.14. The fraction of sp³-hybridized carbons (Fsp3) is 0.531. The average Bonchev–Trinajstić information content (AvgIpc) is 2.89. The summed E-state index contributed by atoms with van der Waals surface area (Å²) in [6, 6.07) is 16.9. The molecule has 2 aliphatic carbocycles. The van der Waals surface area contributed by atoms with E-state index >= 15 is 0 Å². The molecule has 2 aromatic carbocycles. The fourth-order valence-electron chi connectivity index (χ4n) is 6.11. The van der Waals surface area contributed by atoms with Crippen LogP contribution in [0.5, 0.6) is 5.75 Å². The smallest absolute Gasteiger partial charge is 0.163 e. The molecular formula is C32H42O2. The van der Waals surface area contributed by atoms with Gasteiger partial charge in [0.05, 0.1) is 7.11 Å². The molecule has 34 heavy (non-hydrogen) atoms. The SMILES string of the molecule is CCCCCCC[C@H]1CC[C@H](c2ccccc2C2=CC(=O)C(c3ccc(OC)cc3)CC2)CC1. The monoisotopic (exact) mass is 458 g/mol. The summed E-state index contributed by atoms with van der Waals surface area (Å²) in [5, 5.41) is 0. The van der Waals surface area contributed by atoms with Crippen molar-refractivity contribution in [1.29, 1.82) is 0 Å². The second-order valence-corrected chi connectivity index (χ2v) is 10.4. The number of ketones is 1. The Balaban J connectivity index is 1.38. The predicted molar refractivity (Wildman–Crippen MR) is 142 cm³/mol. The Bertz CT molecular complexity index is 947. The summed E-state index contributed by atoms with van der Waals surface area (Å²) >= 11 is 0. The number of benzene rings is 2. The van der Waals surface area contributed by atoms with E-state index in [4.69, 9.17) is 4.74 Å². The first-order chi connectivity index (χ1) is 16.7. The van der Waals surface area contributed by atoms with E-state index in [1.807, 2.05) is 30.3 Å². The van der Waals surface area contributed by atoms with Crippen LogP contribution in [-0.4, -0.2) is 12.9 Å². The van der Waals surface area contributed by atoms with Gasteiger partial charge in [0.25, 0.3) is 0 Å². The van der Waals surface area contributed by atoms with Gasteiger partial charge in [-0.3, -0.25) is 4.79 Å².